The van der Waals surface area contributed by atoms with Crippen LogP contribution >= 0.6 is 0 Å². The lowest BCUT2D eigenvalue weighted by Gasteiger charge is -2.16. The summed E-state index contributed by atoms with van der Waals surface area (Å²) < 4.78 is 40.9. The summed E-state index contributed by atoms with van der Waals surface area (Å²) in [6, 6.07) is 16.5. The first-order valence-corrected chi connectivity index (χ1v) is 8.70. The quantitative estimate of drug-likeness (QED) is 0.475. The van der Waals surface area contributed by atoms with Crippen molar-refractivity contribution in [1.29, 1.82) is 0 Å². The highest BCUT2D eigenvalue weighted by atomic mass is 19.4. The molecule has 0 saturated carbocycles. The van der Waals surface area contributed by atoms with E-state index in [1.165, 1.54) is 34.4 Å². The predicted octanol–water partition coefficient (Wildman–Crippen LogP) is 7.15. The number of benzene rings is 3. The Morgan fingerprint density at radius 3 is 1.81 bits per heavy atom. The molecule has 27 heavy (non-hydrogen) atoms. The van der Waals surface area contributed by atoms with E-state index in [9.17, 15) is 13.2 Å². The van der Waals surface area contributed by atoms with Crippen LogP contribution in [0, 0.1) is 27.7 Å². The molecular formula is C23H21F3O. The van der Waals surface area contributed by atoms with Gasteiger partial charge in [-0.2, -0.15) is 0 Å². The van der Waals surface area contributed by atoms with Crippen LogP contribution in [0.25, 0.3) is 22.3 Å². The van der Waals surface area contributed by atoms with Crippen LogP contribution in [0.3, 0.4) is 0 Å². The van der Waals surface area contributed by atoms with Crippen LogP contribution in [-0.2, 0) is 0 Å². The summed E-state index contributed by atoms with van der Waals surface area (Å²) in [6.45, 7) is 8.29. The summed E-state index contributed by atoms with van der Waals surface area (Å²) in [4.78, 5) is 0. The number of halogens is 3. The fraction of sp³-hybridized carbons (Fsp3) is 0.217. The summed E-state index contributed by atoms with van der Waals surface area (Å²) in [5.74, 6) is -0.215. The second-order valence-electron chi connectivity index (χ2n) is 6.80. The molecule has 0 radical (unpaired) electrons. The van der Waals surface area contributed by atoms with Crippen LogP contribution in [0.5, 0.6) is 5.75 Å². The van der Waals surface area contributed by atoms with Crippen molar-refractivity contribution in [3.8, 4) is 28.0 Å². The molecule has 1 nitrogen and oxygen atoms in total. The van der Waals surface area contributed by atoms with E-state index < -0.39 is 6.36 Å². The Balaban J connectivity index is 1.98. The average Bonchev–Trinajstić information content (AvgIpc) is 2.58. The van der Waals surface area contributed by atoms with E-state index in [4.69, 9.17) is 0 Å². The minimum absolute atomic E-state index is 0.215. The average molecular weight is 370 g/mol. The number of hydrogen-bond acceptors (Lipinski definition) is 1. The molecule has 0 atom stereocenters. The van der Waals surface area contributed by atoms with Crippen LogP contribution in [0.2, 0.25) is 0 Å². The van der Waals surface area contributed by atoms with Gasteiger partial charge in [0.2, 0.25) is 0 Å². The van der Waals surface area contributed by atoms with Gasteiger partial charge in [-0.25, -0.2) is 0 Å². The van der Waals surface area contributed by atoms with Gasteiger partial charge in [0.15, 0.2) is 0 Å². The number of hydrogen-bond donors (Lipinski definition) is 0. The van der Waals surface area contributed by atoms with Gasteiger partial charge in [-0.1, -0.05) is 48.0 Å². The lowest BCUT2D eigenvalue weighted by atomic mass is 9.89. The SMILES string of the molecule is Cc1ccc(-c2ccc(-c3ccc(OC(F)(F)F)cc3)c(C)c2C)c(C)c1. The summed E-state index contributed by atoms with van der Waals surface area (Å²) in [7, 11) is 0. The van der Waals surface area contributed by atoms with Crippen LogP contribution < -0.4 is 4.74 Å². The molecule has 0 aliphatic heterocycles. The molecule has 0 heterocycles. The van der Waals surface area contributed by atoms with Gasteiger partial charge in [0, 0.05) is 0 Å². The normalized spacial score (nSPS) is 11.5. The van der Waals surface area contributed by atoms with E-state index in [0.717, 1.165) is 22.3 Å². The van der Waals surface area contributed by atoms with Crippen molar-refractivity contribution in [3.63, 3.8) is 0 Å². The first-order valence-electron chi connectivity index (χ1n) is 8.70. The third-order valence-corrected chi connectivity index (χ3v) is 4.86. The van der Waals surface area contributed by atoms with Crippen molar-refractivity contribution >= 4 is 0 Å². The molecule has 3 rings (SSSR count). The molecular weight excluding hydrogens is 349 g/mol. The van der Waals surface area contributed by atoms with E-state index >= 15 is 0 Å². The van der Waals surface area contributed by atoms with Crippen LogP contribution in [-0.4, -0.2) is 6.36 Å². The van der Waals surface area contributed by atoms with Crippen LogP contribution in [0.15, 0.2) is 54.6 Å². The Kier molecular flexibility index (Phi) is 5.01. The number of rotatable bonds is 3. The smallest absolute Gasteiger partial charge is 0.406 e. The highest BCUT2D eigenvalue weighted by Crippen LogP contribution is 2.35. The van der Waals surface area contributed by atoms with Gasteiger partial charge in [0.05, 0.1) is 0 Å². The molecule has 0 unspecified atom stereocenters. The molecule has 0 N–H and O–H groups in total. The van der Waals surface area contributed by atoms with Gasteiger partial charge < -0.3 is 4.74 Å². The van der Waals surface area contributed by atoms with Crippen LogP contribution in [0.1, 0.15) is 22.3 Å². The van der Waals surface area contributed by atoms with Gasteiger partial charge >= 0.3 is 6.36 Å². The second kappa shape index (κ2) is 7.10. The summed E-state index contributed by atoms with van der Waals surface area (Å²) in [5, 5.41) is 0. The molecule has 0 amide bonds. The third-order valence-electron chi connectivity index (χ3n) is 4.86. The predicted molar refractivity (Wildman–Crippen MR) is 103 cm³/mol. The summed E-state index contributed by atoms with van der Waals surface area (Å²) in [6.07, 6.45) is -4.68. The Morgan fingerprint density at radius 2 is 1.22 bits per heavy atom. The van der Waals surface area contributed by atoms with Gasteiger partial charge in [-0.3, -0.25) is 0 Å². The largest absolute Gasteiger partial charge is 0.573 e. The Labute approximate surface area is 157 Å². The molecule has 4 heteroatoms. The van der Waals surface area contributed by atoms with E-state index in [-0.39, 0.29) is 5.75 Å². The first kappa shape index (κ1) is 19.0. The monoisotopic (exact) mass is 370 g/mol. The van der Waals surface area contributed by atoms with Gasteiger partial charge in [-0.15, -0.1) is 13.2 Å². The van der Waals surface area contributed by atoms with Crippen molar-refractivity contribution in [2.45, 2.75) is 34.1 Å². The van der Waals surface area contributed by atoms with Crippen molar-refractivity contribution in [2.24, 2.45) is 0 Å². The maximum absolute atomic E-state index is 12.3. The zero-order valence-electron chi connectivity index (χ0n) is 15.7. The molecule has 0 aliphatic carbocycles. The standard InChI is InChI=1S/C23H21F3O/c1-14-5-10-20(15(2)13-14)22-12-11-21(16(3)17(22)4)18-6-8-19(9-7-18)27-23(24,25)26/h5-13H,1-4H3. The van der Waals surface area contributed by atoms with E-state index in [2.05, 4.69) is 49.8 Å². The fourth-order valence-electron chi connectivity index (χ4n) is 3.38. The number of aryl methyl sites for hydroxylation is 2. The van der Waals surface area contributed by atoms with Crippen molar-refractivity contribution in [2.75, 3.05) is 0 Å². The number of alkyl halides is 3. The second-order valence-corrected chi connectivity index (χ2v) is 6.80. The van der Waals surface area contributed by atoms with Crippen LogP contribution in [0.4, 0.5) is 13.2 Å². The lowest BCUT2D eigenvalue weighted by Crippen LogP contribution is -2.16. The van der Waals surface area contributed by atoms with E-state index in [0.29, 0.717) is 0 Å². The lowest BCUT2D eigenvalue weighted by molar-refractivity contribution is -0.274. The van der Waals surface area contributed by atoms with Crippen molar-refractivity contribution in [1.82, 2.24) is 0 Å². The fourth-order valence-corrected chi connectivity index (χ4v) is 3.38. The zero-order valence-corrected chi connectivity index (χ0v) is 15.7. The maximum atomic E-state index is 12.3. The molecule has 0 aliphatic rings. The Hall–Kier alpha value is -2.75. The minimum atomic E-state index is -4.68. The van der Waals surface area contributed by atoms with Gasteiger partial charge in [0.25, 0.3) is 0 Å². The van der Waals surface area contributed by atoms with Crippen molar-refractivity contribution < 1.29 is 17.9 Å². The Bertz CT molecular complexity index is 970. The van der Waals surface area contributed by atoms with E-state index in [1.54, 1.807) is 12.1 Å². The minimum Gasteiger partial charge on any atom is -0.406 e. The molecule has 0 spiro atoms. The molecule has 0 saturated heterocycles. The Morgan fingerprint density at radius 1 is 0.667 bits per heavy atom. The molecule has 3 aromatic carbocycles. The molecule has 0 fully saturated rings. The van der Waals surface area contributed by atoms with Crippen molar-refractivity contribution in [3.05, 3.63) is 76.9 Å². The topological polar surface area (TPSA) is 9.23 Å². The molecule has 0 aromatic heterocycles. The third kappa shape index (κ3) is 4.16. The van der Waals surface area contributed by atoms with Gasteiger partial charge in [-0.05, 0) is 78.8 Å². The summed E-state index contributed by atoms with van der Waals surface area (Å²) >= 11 is 0. The zero-order chi connectivity index (χ0) is 19.8. The highest BCUT2D eigenvalue weighted by Gasteiger charge is 2.31. The maximum Gasteiger partial charge on any atom is 0.573 e. The first-order chi connectivity index (χ1) is 12.7. The van der Waals surface area contributed by atoms with Gasteiger partial charge in [0.1, 0.15) is 5.75 Å². The molecule has 140 valence electrons. The molecule has 0 bridgehead atoms. The summed E-state index contributed by atoms with van der Waals surface area (Å²) in [5.41, 5.74) is 8.94. The van der Waals surface area contributed by atoms with E-state index in [1.807, 2.05) is 13.0 Å². The number of ether oxygens (including phenoxy) is 1. The highest BCUT2D eigenvalue weighted by molar-refractivity contribution is 5.78. The molecule has 3 aromatic rings.